The summed E-state index contributed by atoms with van der Waals surface area (Å²) in [5.74, 6) is 1.98. The fourth-order valence-electron chi connectivity index (χ4n) is 3.75. The molecule has 0 fully saturated rings. The van der Waals surface area contributed by atoms with Crippen LogP contribution in [0.3, 0.4) is 0 Å². The van der Waals surface area contributed by atoms with Crippen LogP contribution in [0, 0.1) is 0 Å². The van der Waals surface area contributed by atoms with Gasteiger partial charge in [-0.3, -0.25) is 4.79 Å². The van der Waals surface area contributed by atoms with Gasteiger partial charge in [0.2, 0.25) is 0 Å². The minimum Gasteiger partial charge on any atom is -0.497 e. The van der Waals surface area contributed by atoms with Crippen LogP contribution in [0.4, 0.5) is 5.69 Å². The van der Waals surface area contributed by atoms with Crippen LogP contribution in [0.5, 0.6) is 11.5 Å². The number of nitrogens with one attached hydrogen (secondary N) is 1. The van der Waals surface area contributed by atoms with Crippen LogP contribution < -0.4 is 20.1 Å². The molecular weight excluding hydrogens is 368 g/mol. The van der Waals surface area contributed by atoms with Crippen molar-refractivity contribution in [1.82, 2.24) is 9.97 Å². The van der Waals surface area contributed by atoms with E-state index in [1.54, 1.807) is 13.2 Å². The zero-order valence-corrected chi connectivity index (χ0v) is 16.9. The highest BCUT2D eigenvalue weighted by atomic mass is 16.5. The van der Waals surface area contributed by atoms with Gasteiger partial charge < -0.3 is 25.1 Å². The van der Waals surface area contributed by atoms with Gasteiger partial charge in [-0.2, -0.15) is 0 Å². The number of anilines is 1. The van der Waals surface area contributed by atoms with E-state index in [1.807, 2.05) is 62.1 Å². The summed E-state index contributed by atoms with van der Waals surface area (Å²) in [5.41, 5.74) is 8.38. The quantitative estimate of drug-likeness (QED) is 0.691. The zero-order chi connectivity index (χ0) is 20.8. The second-order valence-corrected chi connectivity index (χ2v) is 7.39. The molecule has 2 heterocycles. The highest BCUT2D eigenvalue weighted by Gasteiger charge is 2.47. The molecule has 7 nitrogen and oxygen atoms in total. The first-order valence-corrected chi connectivity index (χ1v) is 9.48. The number of imidazole rings is 1. The molecule has 3 aromatic rings. The van der Waals surface area contributed by atoms with Crippen LogP contribution in [0.25, 0.3) is 16.6 Å². The third-order valence-electron chi connectivity index (χ3n) is 5.13. The maximum atomic E-state index is 13.4. The molecule has 7 heteroatoms. The lowest BCUT2D eigenvalue weighted by atomic mass is 9.95. The SMILES string of the molecule is CCOc1cc(OC)cc(N2C(N)=C(c3nc4ccccc4[nH]3)C(=O)C2(C)C)c1. The van der Waals surface area contributed by atoms with Crippen molar-refractivity contribution >= 4 is 28.1 Å². The number of aromatic nitrogens is 2. The van der Waals surface area contributed by atoms with Crippen molar-refractivity contribution < 1.29 is 14.3 Å². The number of rotatable bonds is 5. The van der Waals surface area contributed by atoms with Crippen molar-refractivity contribution in [3.05, 3.63) is 54.1 Å². The van der Waals surface area contributed by atoms with Crippen LogP contribution >= 0.6 is 0 Å². The van der Waals surface area contributed by atoms with E-state index in [0.717, 1.165) is 16.7 Å². The number of para-hydroxylation sites is 2. The van der Waals surface area contributed by atoms with Crippen molar-refractivity contribution in [3.8, 4) is 11.5 Å². The Labute approximate surface area is 169 Å². The fraction of sp³-hybridized carbons (Fsp3) is 0.273. The van der Waals surface area contributed by atoms with Crippen LogP contribution in [-0.2, 0) is 4.79 Å². The van der Waals surface area contributed by atoms with E-state index in [1.165, 1.54) is 0 Å². The van der Waals surface area contributed by atoms with Crippen molar-refractivity contribution in [2.75, 3.05) is 18.6 Å². The Hall–Kier alpha value is -3.48. The van der Waals surface area contributed by atoms with E-state index in [9.17, 15) is 4.79 Å². The third kappa shape index (κ3) is 2.99. The average molecular weight is 392 g/mol. The number of nitrogens with zero attached hydrogens (tertiary/aromatic N) is 2. The molecule has 0 atom stereocenters. The number of benzene rings is 2. The molecule has 0 saturated heterocycles. The summed E-state index contributed by atoms with van der Waals surface area (Å²) in [7, 11) is 1.59. The largest absolute Gasteiger partial charge is 0.497 e. The molecule has 3 N–H and O–H groups in total. The van der Waals surface area contributed by atoms with Crippen LogP contribution in [0.2, 0.25) is 0 Å². The average Bonchev–Trinajstić information content (AvgIpc) is 3.18. The van der Waals surface area contributed by atoms with E-state index in [0.29, 0.717) is 35.3 Å². The van der Waals surface area contributed by atoms with E-state index in [-0.39, 0.29) is 5.78 Å². The van der Waals surface area contributed by atoms with Crippen LogP contribution in [-0.4, -0.2) is 35.0 Å². The molecule has 4 rings (SSSR count). The Kier molecular flexibility index (Phi) is 4.45. The van der Waals surface area contributed by atoms with Crippen molar-refractivity contribution in [2.45, 2.75) is 26.3 Å². The van der Waals surface area contributed by atoms with Gasteiger partial charge in [0.25, 0.3) is 0 Å². The summed E-state index contributed by atoms with van der Waals surface area (Å²) in [6.07, 6.45) is 0. The number of ether oxygens (including phenoxy) is 2. The number of nitrogens with two attached hydrogens (primary N) is 1. The van der Waals surface area contributed by atoms with Gasteiger partial charge in [0.15, 0.2) is 5.78 Å². The second kappa shape index (κ2) is 6.84. The molecule has 29 heavy (non-hydrogen) atoms. The molecule has 0 aliphatic carbocycles. The van der Waals surface area contributed by atoms with Gasteiger partial charge in [-0.1, -0.05) is 12.1 Å². The maximum Gasteiger partial charge on any atom is 0.195 e. The predicted molar refractivity (Wildman–Crippen MR) is 113 cm³/mol. The number of Topliss-reactive ketones (excluding diaryl/α,β-unsaturated/α-hetero) is 1. The molecule has 0 bridgehead atoms. The Morgan fingerprint density at radius 2 is 1.90 bits per heavy atom. The van der Waals surface area contributed by atoms with Crippen molar-refractivity contribution in [2.24, 2.45) is 5.73 Å². The monoisotopic (exact) mass is 392 g/mol. The Morgan fingerprint density at radius 3 is 2.59 bits per heavy atom. The number of carbonyl (C=O) groups is 1. The van der Waals surface area contributed by atoms with Crippen molar-refractivity contribution in [1.29, 1.82) is 0 Å². The standard InChI is InChI=1S/C22H24N4O3/c1-5-29-15-11-13(10-14(12-15)28-4)26-20(23)18(19(27)22(26,2)3)21-24-16-8-6-7-9-17(16)25-21/h6-12H,5,23H2,1-4H3,(H,24,25). The first kappa shape index (κ1) is 18.9. The number of hydrogen-bond acceptors (Lipinski definition) is 6. The summed E-state index contributed by atoms with van der Waals surface area (Å²) in [6.45, 7) is 6.12. The number of methoxy groups -OCH3 is 1. The molecule has 1 aliphatic rings. The topological polar surface area (TPSA) is 93.5 Å². The number of fused-ring (bicyclic) bond motifs is 1. The number of H-pyrrole nitrogens is 1. The smallest absolute Gasteiger partial charge is 0.195 e. The number of aromatic amines is 1. The molecule has 150 valence electrons. The van der Waals surface area contributed by atoms with Gasteiger partial charge in [-0.05, 0) is 32.9 Å². The van der Waals surface area contributed by atoms with Gasteiger partial charge in [-0.15, -0.1) is 0 Å². The summed E-state index contributed by atoms with van der Waals surface area (Å²) in [6, 6.07) is 13.1. The molecular formula is C22H24N4O3. The molecule has 1 aromatic heterocycles. The number of ketones is 1. The summed E-state index contributed by atoms with van der Waals surface area (Å²) >= 11 is 0. The molecule has 0 amide bonds. The number of carbonyl (C=O) groups excluding carboxylic acids is 1. The zero-order valence-electron chi connectivity index (χ0n) is 16.9. The predicted octanol–water partition coefficient (Wildman–Crippen LogP) is 3.47. The first-order valence-electron chi connectivity index (χ1n) is 9.48. The van der Waals surface area contributed by atoms with Gasteiger partial charge in [0.1, 0.15) is 34.3 Å². The minimum atomic E-state index is -0.895. The maximum absolute atomic E-state index is 13.4. The molecule has 0 spiro atoms. The fourth-order valence-corrected chi connectivity index (χ4v) is 3.75. The van der Waals surface area contributed by atoms with Crippen LogP contribution in [0.1, 0.15) is 26.6 Å². The Balaban J connectivity index is 1.87. The molecule has 2 aromatic carbocycles. The Bertz CT molecular complexity index is 1100. The lowest BCUT2D eigenvalue weighted by molar-refractivity contribution is -0.116. The van der Waals surface area contributed by atoms with Gasteiger partial charge in [0.05, 0.1) is 30.4 Å². The van der Waals surface area contributed by atoms with Crippen molar-refractivity contribution in [3.63, 3.8) is 0 Å². The molecule has 0 saturated carbocycles. The van der Waals surface area contributed by atoms with Gasteiger partial charge >= 0.3 is 0 Å². The normalized spacial score (nSPS) is 16.0. The van der Waals surface area contributed by atoms with E-state index in [2.05, 4.69) is 9.97 Å². The highest BCUT2D eigenvalue weighted by molar-refractivity contribution is 6.29. The Morgan fingerprint density at radius 1 is 1.17 bits per heavy atom. The summed E-state index contributed by atoms with van der Waals surface area (Å²) in [4.78, 5) is 23.0. The molecule has 0 unspecified atom stereocenters. The molecule has 1 aliphatic heterocycles. The lowest BCUT2D eigenvalue weighted by Gasteiger charge is -2.33. The van der Waals surface area contributed by atoms with E-state index in [4.69, 9.17) is 15.2 Å². The summed E-state index contributed by atoms with van der Waals surface area (Å²) in [5, 5.41) is 0. The highest BCUT2D eigenvalue weighted by Crippen LogP contribution is 2.42. The number of hydrogen-bond donors (Lipinski definition) is 2. The third-order valence-corrected chi connectivity index (χ3v) is 5.13. The van der Waals surface area contributed by atoms with Crippen LogP contribution in [0.15, 0.2) is 48.3 Å². The minimum absolute atomic E-state index is 0.102. The summed E-state index contributed by atoms with van der Waals surface area (Å²) < 4.78 is 11.1. The second-order valence-electron chi connectivity index (χ2n) is 7.39. The molecule has 0 radical (unpaired) electrons. The lowest BCUT2D eigenvalue weighted by Crippen LogP contribution is -2.45. The van der Waals surface area contributed by atoms with Gasteiger partial charge in [-0.25, -0.2) is 4.98 Å². The van der Waals surface area contributed by atoms with Gasteiger partial charge in [0, 0.05) is 18.2 Å². The van der Waals surface area contributed by atoms with E-state index >= 15 is 0 Å². The van der Waals surface area contributed by atoms with E-state index < -0.39 is 5.54 Å². The first-order chi connectivity index (χ1) is 13.9.